The van der Waals surface area contributed by atoms with Crippen molar-refractivity contribution in [1.29, 1.82) is 0 Å². The van der Waals surface area contributed by atoms with E-state index in [1.165, 1.54) is 0 Å². The highest BCUT2D eigenvalue weighted by atomic mass is 16.4. The fourth-order valence-electron chi connectivity index (χ4n) is 0.597. The van der Waals surface area contributed by atoms with Crippen LogP contribution in [0.3, 0.4) is 0 Å². The van der Waals surface area contributed by atoms with Crippen molar-refractivity contribution >= 4 is 5.97 Å². The zero-order valence-electron chi connectivity index (χ0n) is 7.24. The third-order valence-corrected chi connectivity index (χ3v) is 1.89. The highest BCUT2D eigenvalue weighted by molar-refractivity contribution is 5.69. The van der Waals surface area contributed by atoms with E-state index in [1.807, 2.05) is 13.8 Å². The lowest BCUT2D eigenvalue weighted by Crippen LogP contribution is -2.17. The first-order chi connectivity index (χ1) is 5.09. The smallest absolute Gasteiger partial charge is 0.306 e. The van der Waals surface area contributed by atoms with Gasteiger partial charge in [0.2, 0.25) is 0 Å². The Kier molecular flexibility index (Phi) is 8.87. The van der Waals surface area contributed by atoms with E-state index >= 15 is 0 Å². The number of rotatable bonds is 3. The molecule has 0 aliphatic carbocycles. The predicted molar refractivity (Wildman–Crippen MR) is 42.2 cm³/mol. The third-order valence-electron chi connectivity index (χ3n) is 1.89. The monoisotopic (exact) mass is 163 g/mol. The molecule has 68 valence electrons. The molecule has 0 saturated carbocycles. The van der Waals surface area contributed by atoms with Crippen LogP contribution < -0.4 is 5.90 Å². The number of carboxylic acids is 1. The Hall–Kier alpha value is -0.610. The molecule has 4 heteroatoms. The summed E-state index contributed by atoms with van der Waals surface area (Å²) in [5.41, 5.74) is 0. The van der Waals surface area contributed by atoms with Crippen LogP contribution in [0.15, 0.2) is 0 Å². The average molecular weight is 163 g/mol. The van der Waals surface area contributed by atoms with E-state index in [2.05, 4.69) is 5.90 Å². The molecule has 0 radical (unpaired) electrons. The minimum Gasteiger partial charge on any atom is -0.481 e. The van der Waals surface area contributed by atoms with Crippen LogP contribution in [0.2, 0.25) is 0 Å². The molecule has 4 N–H and O–H groups in total. The first-order valence-corrected chi connectivity index (χ1v) is 3.58. The minimum absolute atomic E-state index is 0.199. The Morgan fingerprint density at radius 1 is 1.45 bits per heavy atom. The summed E-state index contributed by atoms with van der Waals surface area (Å²) in [6.07, 6.45) is 0.938. The summed E-state index contributed by atoms with van der Waals surface area (Å²) in [6, 6.07) is 0. The zero-order valence-corrected chi connectivity index (χ0v) is 7.24. The van der Waals surface area contributed by atoms with Crippen LogP contribution in [0.25, 0.3) is 0 Å². The van der Waals surface area contributed by atoms with Crippen LogP contribution in [0.1, 0.15) is 27.2 Å². The van der Waals surface area contributed by atoms with Crippen LogP contribution in [0, 0.1) is 11.8 Å². The van der Waals surface area contributed by atoms with Gasteiger partial charge in [-0.15, -0.1) is 0 Å². The van der Waals surface area contributed by atoms with Crippen molar-refractivity contribution in [2.75, 3.05) is 0 Å². The molecular weight excluding hydrogens is 146 g/mol. The fraction of sp³-hybridized carbons (Fsp3) is 0.857. The highest BCUT2D eigenvalue weighted by Gasteiger charge is 2.16. The Labute approximate surface area is 67.0 Å². The van der Waals surface area contributed by atoms with Gasteiger partial charge in [-0.3, -0.25) is 4.79 Å². The largest absolute Gasteiger partial charge is 0.481 e. The summed E-state index contributed by atoms with van der Waals surface area (Å²) in [6.45, 7) is 5.71. The van der Waals surface area contributed by atoms with E-state index in [4.69, 9.17) is 10.3 Å². The van der Waals surface area contributed by atoms with Gasteiger partial charge in [-0.2, -0.15) is 0 Å². The Morgan fingerprint density at radius 3 is 1.91 bits per heavy atom. The van der Waals surface area contributed by atoms with Crippen LogP contribution in [0.5, 0.6) is 0 Å². The second-order valence-corrected chi connectivity index (χ2v) is 2.51. The molecule has 0 fully saturated rings. The normalized spacial score (nSPS) is 14.3. The second-order valence-electron chi connectivity index (χ2n) is 2.51. The zero-order chi connectivity index (χ0) is 9.44. The van der Waals surface area contributed by atoms with Gasteiger partial charge in [-0.1, -0.05) is 27.2 Å². The molecule has 0 saturated heterocycles. The maximum absolute atomic E-state index is 10.3. The number of hydrogen-bond donors (Lipinski definition) is 3. The molecule has 11 heavy (non-hydrogen) atoms. The molecule has 0 aliphatic rings. The summed E-state index contributed by atoms with van der Waals surface area (Å²) in [4.78, 5) is 10.3. The van der Waals surface area contributed by atoms with E-state index < -0.39 is 5.97 Å². The lowest BCUT2D eigenvalue weighted by atomic mass is 9.94. The number of carbonyl (C=O) groups is 1. The molecule has 0 spiro atoms. The van der Waals surface area contributed by atoms with Crippen molar-refractivity contribution in [2.24, 2.45) is 17.7 Å². The van der Waals surface area contributed by atoms with Crippen molar-refractivity contribution in [3.05, 3.63) is 0 Å². The number of nitrogens with two attached hydrogens (primary N) is 1. The topological polar surface area (TPSA) is 83.5 Å². The van der Waals surface area contributed by atoms with Gasteiger partial charge in [0, 0.05) is 0 Å². The summed E-state index contributed by atoms with van der Waals surface area (Å²) in [5.74, 6) is 2.90. The van der Waals surface area contributed by atoms with E-state index in [1.54, 1.807) is 6.92 Å². The van der Waals surface area contributed by atoms with Gasteiger partial charge in [0.05, 0.1) is 5.92 Å². The van der Waals surface area contributed by atoms with E-state index in [-0.39, 0.29) is 5.92 Å². The molecule has 0 heterocycles. The third kappa shape index (κ3) is 5.82. The number of carboxylic acid groups (broad SMARTS) is 1. The summed E-state index contributed by atoms with van der Waals surface area (Å²) >= 11 is 0. The van der Waals surface area contributed by atoms with E-state index in [0.717, 1.165) is 6.42 Å². The molecule has 4 nitrogen and oxygen atoms in total. The van der Waals surface area contributed by atoms with E-state index in [9.17, 15) is 4.79 Å². The standard InChI is InChI=1S/C7H14O2.H3NO/c1-4-5(2)6(3)7(8)9;1-2/h5-6H,4H2,1-3H3,(H,8,9);2H,1H2. The van der Waals surface area contributed by atoms with Gasteiger partial charge in [0.15, 0.2) is 0 Å². The molecule has 0 aromatic carbocycles. The number of hydrogen-bond acceptors (Lipinski definition) is 3. The van der Waals surface area contributed by atoms with Crippen molar-refractivity contribution < 1.29 is 15.1 Å². The Balaban J connectivity index is 0. The molecule has 0 aromatic rings. The molecule has 2 atom stereocenters. The van der Waals surface area contributed by atoms with E-state index in [0.29, 0.717) is 5.92 Å². The summed E-state index contributed by atoms with van der Waals surface area (Å²) < 4.78 is 0. The van der Waals surface area contributed by atoms with Gasteiger partial charge in [0.1, 0.15) is 0 Å². The van der Waals surface area contributed by atoms with Gasteiger partial charge in [-0.25, -0.2) is 5.90 Å². The lowest BCUT2D eigenvalue weighted by molar-refractivity contribution is -0.142. The van der Waals surface area contributed by atoms with Gasteiger partial charge in [-0.05, 0) is 5.92 Å². The van der Waals surface area contributed by atoms with Crippen LogP contribution in [0.4, 0.5) is 0 Å². The Bertz CT molecular complexity index is 106. The number of aliphatic carboxylic acids is 1. The lowest BCUT2D eigenvalue weighted by Gasteiger charge is -2.11. The summed E-state index contributed by atoms with van der Waals surface area (Å²) in [5, 5.41) is 15.0. The van der Waals surface area contributed by atoms with Crippen molar-refractivity contribution in [1.82, 2.24) is 0 Å². The first-order valence-electron chi connectivity index (χ1n) is 3.58. The molecule has 2 unspecified atom stereocenters. The van der Waals surface area contributed by atoms with Crippen molar-refractivity contribution in [3.8, 4) is 0 Å². The molecule has 0 rings (SSSR count). The van der Waals surface area contributed by atoms with Crippen LogP contribution >= 0.6 is 0 Å². The minimum atomic E-state index is -0.690. The van der Waals surface area contributed by atoms with Crippen LogP contribution in [-0.2, 0) is 4.79 Å². The molecule has 0 aliphatic heterocycles. The maximum Gasteiger partial charge on any atom is 0.306 e. The first kappa shape index (κ1) is 13.0. The quantitative estimate of drug-likeness (QED) is 0.544. The fourth-order valence-corrected chi connectivity index (χ4v) is 0.597. The molecule has 0 bridgehead atoms. The van der Waals surface area contributed by atoms with Gasteiger partial charge < -0.3 is 10.3 Å². The maximum atomic E-state index is 10.3. The molecular formula is C7H17NO3. The van der Waals surface area contributed by atoms with Crippen LogP contribution in [-0.4, -0.2) is 16.3 Å². The average Bonchev–Trinajstić information content (AvgIpc) is 2.05. The van der Waals surface area contributed by atoms with Gasteiger partial charge >= 0.3 is 5.97 Å². The Morgan fingerprint density at radius 2 is 1.82 bits per heavy atom. The highest BCUT2D eigenvalue weighted by Crippen LogP contribution is 2.13. The predicted octanol–water partition coefficient (Wildman–Crippen LogP) is 1.09. The molecule has 0 aromatic heterocycles. The molecule has 0 amide bonds. The summed E-state index contributed by atoms with van der Waals surface area (Å²) in [7, 11) is 0. The van der Waals surface area contributed by atoms with Gasteiger partial charge in [0.25, 0.3) is 0 Å². The van der Waals surface area contributed by atoms with Crippen molar-refractivity contribution in [2.45, 2.75) is 27.2 Å². The SMILES string of the molecule is CCC(C)C(C)C(=O)O.NO. The van der Waals surface area contributed by atoms with Crippen molar-refractivity contribution in [3.63, 3.8) is 0 Å². The second kappa shape index (κ2) is 7.50.